The number of nitrogens with one attached hydrogen (secondary N) is 1. The SMILES string of the molecule is CC1(C)CCC(NC(=O)c2ccc(C(=O)c3ccccc3)cc2)C1. The number of benzene rings is 2. The molecular weight excluding hydrogens is 298 g/mol. The summed E-state index contributed by atoms with van der Waals surface area (Å²) in [4.78, 5) is 24.7. The molecule has 1 atom stereocenters. The van der Waals surface area contributed by atoms with Gasteiger partial charge in [0.05, 0.1) is 0 Å². The minimum Gasteiger partial charge on any atom is -0.349 e. The van der Waals surface area contributed by atoms with E-state index in [4.69, 9.17) is 0 Å². The molecule has 0 aliphatic heterocycles. The van der Waals surface area contributed by atoms with Crippen LogP contribution < -0.4 is 5.32 Å². The van der Waals surface area contributed by atoms with Crippen molar-refractivity contribution < 1.29 is 9.59 Å². The summed E-state index contributed by atoms with van der Waals surface area (Å²) in [7, 11) is 0. The Labute approximate surface area is 143 Å². The molecule has 1 unspecified atom stereocenters. The maximum Gasteiger partial charge on any atom is 0.251 e. The van der Waals surface area contributed by atoms with Gasteiger partial charge in [0.1, 0.15) is 0 Å². The molecule has 1 aliphatic carbocycles. The lowest BCUT2D eigenvalue weighted by Gasteiger charge is -2.17. The Bertz CT molecular complexity index is 732. The van der Waals surface area contributed by atoms with Gasteiger partial charge in [0.15, 0.2) is 5.78 Å². The average molecular weight is 321 g/mol. The fraction of sp³-hybridized carbons (Fsp3) is 0.333. The van der Waals surface area contributed by atoms with Crippen LogP contribution in [0, 0.1) is 5.41 Å². The van der Waals surface area contributed by atoms with Crippen LogP contribution in [0.5, 0.6) is 0 Å². The predicted octanol–water partition coefficient (Wildman–Crippen LogP) is 4.23. The first-order chi connectivity index (χ1) is 11.4. The highest BCUT2D eigenvalue weighted by Crippen LogP contribution is 2.36. The molecule has 2 aromatic rings. The quantitative estimate of drug-likeness (QED) is 0.857. The molecule has 1 saturated carbocycles. The largest absolute Gasteiger partial charge is 0.349 e. The fourth-order valence-corrected chi connectivity index (χ4v) is 3.36. The molecule has 24 heavy (non-hydrogen) atoms. The van der Waals surface area contributed by atoms with Gasteiger partial charge in [-0.15, -0.1) is 0 Å². The third-order valence-corrected chi connectivity index (χ3v) is 4.75. The predicted molar refractivity (Wildman–Crippen MR) is 95.2 cm³/mol. The van der Waals surface area contributed by atoms with Gasteiger partial charge < -0.3 is 5.32 Å². The zero-order chi connectivity index (χ0) is 17.2. The molecule has 124 valence electrons. The molecule has 0 spiro atoms. The molecule has 1 aliphatic rings. The van der Waals surface area contributed by atoms with Crippen LogP contribution in [0.1, 0.15) is 59.4 Å². The highest BCUT2D eigenvalue weighted by molar-refractivity contribution is 6.09. The van der Waals surface area contributed by atoms with Crippen LogP contribution in [0.2, 0.25) is 0 Å². The zero-order valence-electron chi connectivity index (χ0n) is 14.2. The highest BCUT2D eigenvalue weighted by Gasteiger charge is 2.31. The van der Waals surface area contributed by atoms with E-state index in [0.717, 1.165) is 19.3 Å². The zero-order valence-corrected chi connectivity index (χ0v) is 14.2. The fourth-order valence-electron chi connectivity index (χ4n) is 3.36. The van der Waals surface area contributed by atoms with E-state index in [0.29, 0.717) is 22.1 Å². The Balaban J connectivity index is 1.66. The number of hydrogen-bond donors (Lipinski definition) is 1. The Hall–Kier alpha value is -2.42. The van der Waals surface area contributed by atoms with Crippen molar-refractivity contribution in [1.82, 2.24) is 5.32 Å². The normalized spacial score (nSPS) is 19.0. The number of rotatable bonds is 4. The molecule has 0 heterocycles. The Kier molecular flexibility index (Phi) is 4.52. The molecule has 1 amide bonds. The Morgan fingerprint density at radius 1 is 0.917 bits per heavy atom. The number of hydrogen-bond acceptors (Lipinski definition) is 2. The van der Waals surface area contributed by atoms with E-state index in [1.165, 1.54) is 0 Å². The molecular formula is C21H23NO2. The van der Waals surface area contributed by atoms with E-state index < -0.39 is 0 Å². The summed E-state index contributed by atoms with van der Waals surface area (Å²) in [6, 6.07) is 16.3. The first-order valence-electron chi connectivity index (χ1n) is 8.45. The molecule has 0 saturated heterocycles. The van der Waals surface area contributed by atoms with Gasteiger partial charge in [0.2, 0.25) is 0 Å². The Morgan fingerprint density at radius 2 is 1.50 bits per heavy atom. The molecule has 1 N–H and O–H groups in total. The molecule has 0 aromatic heterocycles. The van der Waals surface area contributed by atoms with Crippen LogP contribution in [-0.2, 0) is 0 Å². The van der Waals surface area contributed by atoms with Gasteiger partial charge in [0.25, 0.3) is 5.91 Å². The van der Waals surface area contributed by atoms with Gasteiger partial charge in [-0.3, -0.25) is 9.59 Å². The average Bonchev–Trinajstić information content (AvgIpc) is 2.93. The van der Waals surface area contributed by atoms with Crippen LogP contribution in [0.4, 0.5) is 0 Å². The number of amides is 1. The van der Waals surface area contributed by atoms with Crippen molar-refractivity contribution in [3.05, 3.63) is 71.3 Å². The number of carbonyl (C=O) groups excluding carboxylic acids is 2. The molecule has 3 rings (SSSR count). The second kappa shape index (κ2) is 6.60. The summed E-state index contributed by atoms with van der Waals surface area (Å²) >= 11 is 0. The molecule has 1 fully saturated rings. The molecule has 3 heteroatoms. The smallest absolute Gasteiger partial charge is 0.251 e. The summed E-state index contributed by atoms with van der Waals surface area (Å²) in [5.41, 5.74) is 2.16. The lowest BCUT2D eigenvalue weighted by Crippen LogP contribution is -2.33. The van der Waals surface area contributed by atoms with Gasteiger partial charge in [-0.25, -0.2) is 0 Å². The first kappa shape index (κ1) is 16.4. The van der Waals surface area contributed by atoms with E-state index in [1.807, 2.05) is 18.2 Å². The van der Waals surface area contributed by atoms with Crippen LogP contribution >= 0.6 is 0 Å². The van der Waals surface area contributed by atoms with E-state index >= 15 is 0 Å². The van der Waals surface area contributed by atoms with Crippen molar-refractivity contribution in [1.29, 1.82) is 0 Å². The van der Waals surface area contributed by atoms with Gasteiger partial charge >= 0.3 is 0 Å². The topological polar surface area (TPSA) is 46.2 Å². The molecule has 3 nitrogen and oxygen atoms in total. The van der Waals surface area contributed by atoms with Crippen LogP contribution in [-0.4, -0.2) is 17.7 Å². The van der Waals surface area contributed by atoms with Crippen molar-refractivity contribution in [2.45, 2.75) is 39.2 Å². The minimum absolute atomic E-state index is 0.0277. The van der Waals surface area contributed by atoms with Crippen molar-refractivity contribution >= 4 is 11.7 Å². The van der Waals surface area contributed by atoms with Gasteiger partial charge in [0, 0.05) is 22.7 Å². The van der Waals surface area contributed by atoms with Crippen molar-refractivity contribution in [2.75, 3.05) is 0 Å². The van der Waals surface area contributed by atoms with Crippen LogP contribution in [0.25, 0.3) is 0 Å². The van der Waals surface area contributed by atoms with E-state index in [1.54, 1.807) is 36.4 Å². The lowest BCUT2D eigenvalue weighted by molar-refractivity contribution is 0.0934. The maximum atomic E-state index is 12.4. The maximum absolute atomic E-state index is 12.4. The molecule has 2 aromatic carbocycles. The summed E-state index contributed by atoms with van der Waals surface area (Å²) in [5, 5.41) is 3.11. The highest BCUT2D eigenvalue weighted by atomic mass is 16.1. The van der Waals surface area contributed by atoms with Crippen molar-refractivity contribution in [3.8, 4) is 0 Å². The lowest BCUT2D eigenvalue weighted by atomic mass is 9.92. The first-order valence-corrected chi connectivity index (χ1v) is 8.45. The molecule has 0 radical (unpaired) electrons. The monoisotopic (exact) mass is 321 g/mol. The number of carbonyl (C=O) groups is 2. The third kappa shape index (κ3) is 3.73. The van der Waals surface area contributed by atoms with Gasteiger partial charge in [-0.2, -0.15) is 0 Å². The van der Waals surface area contributed by atoms with Crippen LogP contribution in [0.15, 0.2) is 54.6 Å². The van der Waals surface area contributed by atoms with Crippen molar-refractivity contribution in [3.63, 3.8) is 0 Å². The van der Waals surface area contributed by atoms with Crippen molar-refractivity contribution in [2.24, 2.45) is 5.41 Å². The standard InChI is InChI=1S/C21H23NO2/c1-21(2)13-12-18(14-21)22-20(24)17-10-8-16(9-11-17)19(23)15-6-4-3-5-7-15/h3-11,18H,12-14H2,1-2H3,(H,22,24). The minimum atomic E-state index is -0.0589. The van der Waals surface area contributed by atoms with E-state index in [-0.39, 0.29) is 17.7 Å². The molecule has 0 bridgehead atoms. The Morgan fingerprint density at radius 3 is 2.08 bits per heavy atom. The summed E-state index contributed by atoms with van der Waals surface area (Å²) in [5.74, 6) is -0.0866. The summed E-state index contributed by atoms with van der Waals surface area (Å²) in [6.45, 7) is 4.48. The van der Waals surface area contributed by atoms with Crippen LogP contribution in [0.3, 0.4) is 0 Å². The number of ketones is 1. The van der Waals surface area contributed by atoms with Gasteiger partial charge in [-0.05, 0) is 36.8 Å². The van der Waals surface area contributed by atoms with Gasteiger partial charge in [-0.1, -0.05) is 56.3 Å². The second-order valence-electron chi connectivity index (χ2n) is 7.35. The van der Waals surface area contributed by atoms with E-state index in [2.05, 4.69) is 19.2 Å². The summed E-state index contributed by atoms with van der Waals surface area (Å²) in [6.07, 6.45) is 3.19. The third-order valence-electron chi connectivity index (χ3n) is 4.75. The van der Waals surface area contributed by atoms with E-state index in [9.17, 15) is 9.59 Å². The second-order valence-corrected chi connectivity index (χ2v) is 7.35. The summed E-state index contributed by atoms with van der Waals surface area (Å²) < 4.78 is 0.